The van der Waals surface area contributed by atoms with Gasteiger partial charge in [0.05, 0.1) is 5.69 Å². The minimum Gasteiger partial charge on any atom is -0.397 e. The number of benzene rings is 1. The van der Waals surface area contributed by atoms with E-state index in [0.717, 1.165) is 24.9 Å². The van der Waals surface area contributed by atoms with Gasteiger partial charge in [-0.05, 0) is 36.6 Å². The standard InChI is InChI=1S/C16H20ClN3O/c1-2-8-20-11-14(18)10-15(20)16(21)19-7-6-12-4-3-5-13(17)9-12/h3-5,9-11H,2,6-8,18H2,1H3,(H,19,21). The molecule has 0 saturated heterocycles. The lowest BCUT2D eigenvalue weighted by molar-refractivity contribution is 0.0944. The first-order chi connectivity index (χ1) is 10.1. The van der Waals surface area contributed by atoms with Crippen molar-refractivity contribution in [2.45, 2.75) is 26.3 Å². The first kappa shape index (κ1) is 15.4. The lowest BCUT2D eigenvalue weighted by atomic mass is 10.1. The Morgan fingerprint density at radius 2 is 2.19 bits per heavy atom. The Kier molecular flexibility index (Phi) is 5.28. The molecule has 1 heterocycles. The van der Waals surface area contributed by atoms with E-state index in [9.17, 15) is 4.79 Å². The largest absolute Gasteiger partial charge is 0.397 e. The van der Waals surface area contributed by atoms with Crippen molar-refractivity contribution in [3.8, 4) is 0 Å². The molecule has 0 aliphatic carbocycles. The second-order valence-corrected chi connectivity index (χ2v) is 5.42. The number of halogens is 1. The van der Waals surface area contributed by atoms with E-state index < -0.39 is 0 Å². The average molecular weight is 306 g/mol. The zero-order valence-corrected chi connectivity index (χ0v) is 12.9. The van der Waals surface area contributed by atoms with Crippen molar-refractivity contribution in [3.05, 3.63) is 52.8 Å². The molecule has 21 heavy (non-hydrogen) atoms. The number of hydrogen-bond acceptors (Lipinski definition) is 2. The van der Waals surface area contributed by atoms with E-state index >= 15 is 0 Å². The molecule has 2 rings (SSSR count). The van der Waals surface area contributed by atoms with Crippen molar-refractivity contribution in [1.82, 2.24) is 9.88 Å². The zero-order chi connectivity index (χ0) is 15.2. The molecule has 112 valence electrons. The van der Waals surface area contributed by atoms with Crippen LogP contribution in [0.1, 0.15) is 29.4 Å². The maximum atomic E-state index is 12.2. The van der Waals surface area contributed by atoms with Gasteiger partial charge in [0.1, 0.15) is 5.69 Å². The Balaban J connectivity index is 1.93. The molecule has 1 aromatic heterocycles. The van der Waals surface area contributed by atoms with Gasteiger partial charge in [-0.25, -0.2) is 0 Å². The molecule has 1 aromatic carbocycles. The number of anilines is 1. The molecule has 0 aliphatic heterocycles. The SMILES string of the molecule is CCCn1cc(N)cc1C(=O)NCCc1cccc(Cl)c1. The fourth-order valence-electron chi connectivity index (χ4n) is 2.25. The number of nitrogens with one attached hydrogen (secondary N) is 1. The van der Waals surface area contributed by atoms with E-state index in [2.05, 4.69) is 12.2 Å². The molecule has 0 fully saturated rings. The second kappa shape index (κ2) is 7.18. The maximum Gasteiger partial charge on any atom is 0.267 e. The lowest BCUT2D eigenvalue weighted by Crippen LogP contribution is -2.27. The minimum atomic E-state index is -0.0952. The van der Waals surface area contributed by atoms with E-state index in [1.807, 2.05) is 28.8 Å². The first-order valence-corrected chi connectivity index (χ1v) is 7.46. The summed E-state index contributed by atoms with van der Waals surface area (Å²) >= 11 is 5.94. The molecule has 0 atom stereocenters. The van der Waals surface area contributed by atoms with Gasteiger partial charge in [-0.3, -0.25) is 4.79 Å². The van der Waals surface area contributed by atoms with Gasteiger partial charge >= 0.3 is 0 Å². The number of nitrogens with zero attached hydrogens (tertiary/aromatic N) is 1. The van der Waals surface area contributed by atoms with Crippen molar-refractivity contribution in [2.24, 2.45) is 0 Å². The fourth-order valence-corrected chi connectivity index (χ4v) is 2.47. The number of carbonyl (C=O) groups is 1. The van der Waals surface area contributed by atoms with Gasteiger partial charge in [0, 0.05) is 24.3 Å². The predicted octanol–water partition coefficient (Wildman–Crippen LogP) is 3.11. The van der Waals surface area contributed by atoms with Crippen molar-refractivity contribution < 1.29 is 4.79 Å². The highest BCUT2D eigenvalue weighted by atomic mass is 35.5. The molecule has 0 saturated carbocycles. The van der Waals surface area contributed by atoms with Crippen molar-refractivity contribution >= 4 is 23.2 Å². The van der Waals surface area contributed by atoms with Crippen LogP contribution >= 0.6 is 11.6 Å². The summed E-state index contributed by atoms with van der Waals surface area (Å²) in [6.07, 6.45) is 3.50. The van der Waals surface area contributed by atoms with Gasteiger partial charge in [-0.15, -0.1) is 0 Å². The van der Waals surface area contributed by atoms with Crippen LogP contribution in [0.15, 0.2) is 36.5 Å². The second-order valence-electron chi connectivity index (χ2n) is 4.99. The van der Waals surface area contributed by atoms with Crippen LogP contribution in [0.5, 0.6) is 0 Å². The third-order valence-electron chi connectivity index (χ3n) is 3.20. The Hall–Kier alpha value is -1.94. The topological polar surface area (TPSA) is 60.0 Å². The van der Waals surface area contributed by atoms with Crippen LogP contribution in [0.25, 0.3) is 0 Å². The predicted molar refractivity (Wildman–Crippen MR) is 86.6 cm³/mol. The lowest BCUT2D eigenvalue weighted by Gasteiger charge is -2.08. The van der Waals surface area contributed by atoms with Crippen LogP contribution in [-0.2, 0) is 13.0 Å². The summed E-state index contributed by atoms with van der Waals surface area (Å²) < 4.78 is 1.89. The van der Waals surface area contributed by atoms with Gasteiger partial charge in [-0.1, -0.05) is 30.7 Å². The summed E-state index contributed by atoms with van der Waals surface area (Å²) in [5.41, 5.74) is 8.10. The fraction of sp³-hybridized carbons (Fsp3) is 0.312. The van der Waals surface area contributed by atoms with Crippen molar-refractivity contribution in [1.29, 1.82) is 0 Å². The molecule has 0 radical (unpaired) electrons. The summed E-state index contributed by atoms with van der Waals surface area (Å²) in [5.74, 6) is -0.0952. The van der Waals surface area contributed by atoms with Gasteiger partial charge in [0.15, 0.2) is 0 Å². The van der Waals surface area contributed by atoms with E-state index in [4.69, 9.17) is 17.3 Å². The number of rotatable bonds is 6. The van der Waals surface area contributed by atoms with Gasteiger partial charge in [0.2, 0.25) is 0 Å². The van der Waals surface area contributed by atoms with Crippen molar-refractivity contribution in [2.75, 3.05) is 12.3 Å². The van der Waals surface area contributed by atoms with Crippen molar-refractivity contribution in [3.63, 3.8) is 0 Å². The van der Waals surface area contributed by atoms with E-state index in [1.54, 1.807) is 12.3 Å². The summed E-state index contributed by atoms with van der Waals surface area (Å²) in [4.78, 5) is 12.2. The summed E-state index contributed by atoms with van der Waals surface area (Å²) in [6, 6.07) is 9.36. The molecule has 0 aliphatic rings. The van der Waals surface area contributed by atoms with Crippen LogP contribution in [0.3, 0.4) is 0 Å². The third-order valence-corrected chi connectivity index (χ3v) is 3.44. The monoisotopic (exact) mass is 305 g/mol. The van der Waals surface area contributed by atoms with Gasteiger partial charge in [0.25, 0.3) is 5.91 Å². The van der Waals surface area contributed by atoms with Gasteiger partial charge < -0.3 is 15.6 Å². The van der Waals surface area contributed by atoms with E-state index in [-0.39, 0.29) is 5.91 Å². The molecule has 0 bridgehead atoms. The number of nitrogens with two attached hydrogens (primary N) is 1. The molecule has 4 nitrogen and oxygen atoms in total. The molecule has 3 N–H and O–H groups in total. The van der Waals surface area contributed by atoms with E-state index in [1.165, 1.54) is 0 Å². The number of carbonyl (C=O) groups excluding carboxylic acids is 1. The summed E-state index contributed by atoms with van der Waals surface area (Å²) in [5, 5.41) is 3.63. The van der Waals surface area contributed by atoms with Crippen LogP contribution in [0.4, 0.5) is 5.69 Å². The highest BCUT2D eigenvalue weighted by molar-refractivity contribution is 6.30. The summed E-state index contributed by atoms with van der Waals surface area (Å²) in [7, 11) is 0. The Bertz CT molecular complexity index is 622. The molecule has 2 aromatic rings. The highest BCUT2D eigenvalue weighted by Crippen LogP contribution is 2.12. The Morgan fingerprint density at radius 1 is 1.38 bits per heavy atom. The average Bonchev–Trinajstić information content (AvgIpc) is 2.80. The zero-order valence-electron chi connectivity index (χ0n) is 12.1. The van der Waals surface area contributed by atoms with Crippen LogP contribution < -0.4 is 11.1 Å². The smallest absolute Gasteiger partial charge is 0.267 e. The molecule has 0 unspecified atom stereocenters. The first-order valence-electron chi connectivity index (χ1n) is 7.08. The van der Waals surface area contributed by atoms with Crippen LogP contribution in [0, 0.1) is 0 Å². The van der Waals surface area contributed by atoms with Crippen LogP contribution in [-0.4, -0.2) is 17.0 Å². The van der Waals surface area contributed by atoms with Crippen LogP contribution in [0.2, 0.25) is 5.02 Å². The number of aryl methyl sites for hydroxylation is 1. The molecule has 5 heteroatoms. The Labute approximate surface area is 129 Å². The van der Waals surface area contributed by atoms with Gasteiger partial charge in [-0.2, -0.15) is 0 Å². The minimum absolute atomic E-state index is 0.0952. The number of aromatic nitrogens is 1. The number of amides is 1. The quantitative estimate of drug-likeness (QED) is 0.861. The van der Waals surface area contributed by atoms with E-state index in [0.29, 0.717) is 22.9 Å². The molecule has 1 amide bonds. The highest BCUT2D eigenvalue weighted by Gasteiger charge is 2.11. The molecular formula is C16H20ClN3O. The third kappa shape index (κ3) is 4.26. The maximum absolute atomic E-state index is 12.2. The number of nitrogen functional groups attached to an aromatic ring is 1. The summed E-state index contributed by atoms with van der Waals surface area (Å²) in [6.45, 7) is 3.42. The number of hydrogen-bond donors (Lipinski definition) is 2. The Morgan fingerprint density at radius 3 is 2.90 bits per heavy atom. The molecular weight excluding hydrogens is 286 g/mol. The molecule has 0 spiro atoms. The normalized spacial score (nSPS) is 10.6.